The van der Waals surface area contributed by atoms with Crippen molar-refractivity contribution in [1.29, 1.82) is 0 Å². The molecule has 2 aromatic heterocycles. The van der Waals surface area contributed by atoms with Crippen molar-refractivity contribution in [3.63, 3.8) is 0 Å². The lowest BCUT2D eigenvalue weighted by Crippen LogP contribution is -2.45. The number of rotatable bonds is 6. The molecule has 2 heterocycles. The zero-order chi connectivity index (χ0) is 23.2. The van der Waals surface area contributed by atoms with Crippen LogP contribution in [0.3, 0.4) is 0 Å². The molecule has 168 valence electrons. The van der Waals surface area contributed by atoms with Crippen LogP contribution in [0.1, 0.15) is 17.3 Å². The van der Waals surface area contributed by atoms with E-state index in [1.54, 1.807) is 49.4 Å². The number of amides is 3. The summed E-state index contributed by atoms with van der Waals surface area (Å²) in [6, 6.07) is 19.0. The Morgan fingerprint density at radius 2 is 1.70 bits per heavy atom. The van der Waals surface area contributed by atoms with Crippen LogP contribution in [-0.2, 0) is 9.53 Å². The number of ether oxygens (including phenoxy) is 2. The molecule has 0 aliphatic rings. The van der Waals surface area contributed by atoms with E-state index >= 15 is 0 Å². The quantitative estimate of drug-likeness (QED) is 0.310. The van der Waals surface area contributed by atoms with Gasteiger partial charge >= 0.3 is 12.0 Å². The first-order valence-electron chi connectivity index (χ1n) is 10.3. The van der Waals surface area contributed by atoms with Crippen molar-refractivity contribution in [3.8, 4) is 5.75 Å². The largest absolute Gasteiger partial charge is 0.484 e. The molecule has 4 aromatic rings. The van der Waals surface area contributed by atoms with Gasteiger partial charge in [0, 0.05) is 23.3 Å². The summed E-state index contributed by atoms with van der Waals surface area (Å²) in [5.41, 5.74) is 7.07. The third-order valence-electron chi connectivity index (χ3n) is 4.81. The highest BCUT2D eigenvalue weighted by Gasteiger charge is 2.19. The Morgan fingerprint density at radius 3 is 2.48 bits per heavy atom. The smallest absolute Gasteiger partial charge is 0.340 e. The highest BCUT2D eigenvalue weighted by molar-refractivity contribution is 6.12. The third-order valence-corrected chi connectivity index (χ3v) is 4.81. The zero-order valence-corrected chi connectivity index (χ0v) is 17.8. The van der Waals surface area contributed by atoms with E-state index in [9.17, 15) is 14.4 Å². The van der Waals surface area contributed by atoms with Gasteiger partial charge in [0.05, 0.1) is 23.2 Å². The van der Waals surface area contributed by atoms with Gasteiger partial charge < -0.3 is 19.2 Å². The predicted molar refractivity (Wildman–Crippen MR) is 123 cm³/mol. The summed E-state index contributed by atoms with van der Waals surface area (Å²) < 4.78 is 12.7. The normalized spacial score (nSPS) is 10.6. The zero-order valence-electron chi connectivity index (χ0n) is 17.8. The van der Waals surface area contributed by atoms with Crippen molar-refractivity contribution in [3.05, 3.63) is 78.5 Å². The van der Waals surface area contributed by atoms with Gasteiger partial charge in [0.2, 0.25) is 0 Å². The highest BCUT2D eigenvalue weighted by Crippen LogP contribution is 2.30. The molecule has 3 N–H and O–H groups in total. The second kappa shape index (κ2) is 9.73. The first-order valence-corrected chi connectivity index (χ1v) is 10.3. The lowest BCUT2D eigenvalue weighted by molar-refractivity contribution is -0.123. The molecule has 0 radical (unpaired) electrons. The van der Waals surface area contributed by atoms with E-state index in [0.717, 1.165) is 16.4 Å². The van der Waals surface area contributed by atoms with Crippen LogP contribution in [0, 0.1) is 0 Å². The summed E-state index contributed by atoms with van der Waals surface area (Å²) in [4.78, 5) is 36.4. The molecule has 0 spiro atoms. The molecular weight excluding hydrogens is 424 g/mol. The summed E-state index contributed by atoms with van der Waals surface area (Å²) in [7, 11) is 0. The first kappa shape index (κ1) is 21.7. The minimum absolute atomic E-state index is 0.276. The van der Waals surface area contributed by atoms with Crippen LogP contribution in [0.4, 0.5) is 10.5 Å². The van der Waals surface area contributed by atoms with Crippen molar-refractivity contribution in [2.24, 2.45) is 0 Å². The molecule has 4 rings (SSSR count). The van der Waals surface area contributed by atoms with E-state index in [-0.39, 0.29) is 13.2 Å². The molecular formula is C24H22N4O5. The summed E-state index contributed by atoms with van der Waals surface area (Å²) in [5.74, 6) is -0.500. The fourth-order valence-electron chi connectivity index (χ4n) is 3.42. The van der Waals surface area contributed by atoms with Gasteiger partial charge in [0.1, 0.15) is 5.75 Å². The van der Waals surface area contributed by atoms with E-state index in [1.165, 1.54) is 0 Å². The van der Waals surface area contributed by atoms with Gasteiger partial charge in [-0.05, 0) is 43.3 Å². The van der Waals surface area contributed by atoms with Crippen LogP contribution in [0.15, 0.2) is 72.9 Å². The van der Waals surface area contributed by atoms with E-state index < -0.39 is 17.9 Å². The maximum atomic E-state index is 12.5. The number of pyridine rings is 1. The number of hydrogen-bond acceptors (Lipinski definition) is 5. The van der Waals surface area contributed by atoms with Gasteiger partial charge in [-0.3, -0.25) is 10.2 Å². The van der Waals surface area contributed by atoms with Crippen molar-refractivity contribution in [1.82, 2.24) is 15.3 Å². The average Bonchev–Trinajstić information content (AvgIpc) is 3.16. The number of carbonyl (C=O) groups is 3. The molecule has 0 fully saturated rings. The van der Waals surface area contributed by atoms with E-state index in [4.69, 9.17) is 9.47 Å². The van der Waals surface area contributed by atoms with Crippen LogP contribution in [0.2, 0.25) is 0 Å². The molecule has 0 aliphatic carbocycles. The van der Waals surface area contributed by atoms with Crippen LogP contribution in [0.5, 0.6) is 5.75 Å². The molecule has 3 amide bonds. The number of nitrogens with zero attached hydrogens (tertiary/aromatic N) is 1. The number of aromatic nitrogens is 1. The second-order valence-corrected chi connectivity index (χ2v) is 7.01. The lowest BCUT2D eigenvalue weighted by Gasteiger charge is -2.10. The average molecular weight is 446 g/mol. The number of hydrogen-bond donors (Lipinski definition) is 3. The Bertz CT molecular complexity index is 1320. The minimum Gasteiger partial charge on any atom is -0.484 e. The number of hydrazine groups is 1. The highest BCUT2D eigenvalue weighted by atomic mass is 16.5. The van der Waals surface area contributed by atoms with Crippen molar-refractivity contribution in [2.75, 3.05) is 18.5 Å². The molecule has 0 saturated heterocycles. The molecule has 2 aromatic carbocycles. The van der Waals surface area contributed by atoms with Gasteiger partial charge in [0.15, 0.2) is 6.61 Å². The standard InChI is InChI=1S/C24H22N4O5/c1-2-32-23(30)22-18-12-11-17(14-20(18)28-13-7-6-10-19(22)28)33-15-21(29)26-27-24(31)25-16-8-4-3-5-9-16/h3-14H,2,15H2,1H3,(H,26,29)(H2,25,27,31). The maximum Gasteiger partial charge on any atom is 0.340 e. The molecule has 0 bridgehead atoms. The molecule has 0 unspecified atom stereocenters. The van der Waals surface area contributed by atoms with Crippen molar-refractivity contribution < 1.29 is 23.9 Å². The number of fused-ring (bicyclic) bond motifs is 3. The van der Waals surface area contributed by atoms with Gasteiger partial charge in [-0.1, -0.05) is 24.3 Å². The summed E-state index contributed by atoms with van der Waals surface area (Å²) in [6.45, 7) is 1.72. The predicted octanol–water partition coefficient (Wildman–Crippen LogP) is 3.50. The van der Waals surface area contributed by atoms with Gasteiger partial charge in [-0.15, -0.1) is 0 Å². The molecule has 9 nitrogen and oxygen atoms in total. The van der Waals surface area contributed by atoms with Crippen molar-refractivity contribution in [2.45, 2.75) is 6.92 Å². The Morgan fingerprint density at radius 1 is 0.909 bits per heavy atom. The number of esters is 1. The third kappa shape index (κ3) is 4.87. The Labute approximate surface area is 189 Å². The number of anilines is 1. The SMILES string of the molecule is CCOC(=O)c1c2ccc(OCC(=O)NNC(=O)Nc3ccccc3)cc2n2ccccc12. The minimum atomic E-state index is -0.581. The first-order chi connectivity index (χ1) is 16.1. The molecule has 0 atom stereocenters. The lowest BCUT2D eigenvalue weighted by atomic mass is 10.1. The molecule has 0 aliphatic heterocycles. The number of para-hydroxylation sites is 1. The van der Waals surface area contributed by atoms with Gasteiger partial charge in [0.25, 0.3) is 5.91 Å². The molecule has 33 heavy (non-hydrogen) atoms. The number of urea groups is 1. The Kier molecular flexibility index (Phi) is 6.40. The second-order valence-electron chi connectivity index (χ2n) is 7.01. The summed E-state index contributed by atoms with van der Waals surface area (Å²) in [5, 5.41) is 3.30. The fourth-order valence-corrected chi connectivity index (χ4v) is 3.42. The maximum absolute atomic E-state index is 12.5. The van der Waals surface area contributed by atoms with E-state index in [2.05, 4.69) is 16.2 Å². The van der Waals surface area contributed by atoms with Crippen LogP contribution in [0.25, 0.3) is 16.4 Å². The van der Waals surface area contributed by atoms with Crippen molar-refractivity contribution >= 4 is 40.0 Å². The Balaban J connectivity index is 1.42. The molecule has 9 heteroatoms. The number of nitrogens with one attached hydrogen (secondary N) is 3. The number of benzene rings is 2. The monoisotopic (exact) mass is 446 g/mol. The number of carbonyl (C=O) groups excluding carboxylic acids is 3. The Hall–Kier alpha value is -4.53. The van der Waals surface area contributed by atoms with E-state index in [0.29, 0.717) is 17.0 Å². The van der Waals surface area contributed by atoms with Gasteiger partial charge in [-0.2, -0.15) is 0 Å². The van der Waals surface area contributed by atoms with Crippen LogP contribution >= 0.6 is 0 Å². The molecule has 0 saturated carbocycles. The van der Waals surface area contributed by atoms with Gasteiger partial charge in [-0.25, -0.2) is 15.0 Å². The summed E-state index contributed by atoms with van der Waals surface area (Å²) >= 11 is 0. The van der Waals surface area contributed by atoms with Crippen LogP contribution < -0.4 is 20.9 Å². The van der Waals surface area contributed by atoms with Crippen LogP contribution in [-0.4, -0.2) is 35.5 Å². The topological polar surface area (TPSA) is 110 Å². The van der Waals surface area contributed by atoms with E-state index in [1.807, 2.05) is 34.9 Å². The fraction of sp³-hybridized carbons (Fsp3) is 0.125. The summed E-state index contributed by atoms with van der Waals surface area (Å²) in [6.07, 6.45) is 1.84.